The van der Waals surface area contributed by atoms with Gasteiger partial charge < -0.3 is 10.2 Å². The monoisotopic (exact) mass is 418 g/mol. The fourth-order valence-electron chi connectivity index (χ4n) is 4.95. The molecule has 0 atom stereocenters. The molecule has 6 heteroatoms. The van der Waals surface area contributed by atoms with Gasteiger partial charge in [-0.3, -0.25) is 14.6 Å². The van der Waals surface area contributed by atoms with E-state index in [9.17, 15) is 4.79 Å². The van der Waals surface area contributed by atoms with E-state index in [1.807, 2.05) is 17.0 Å². The van der Waals surface area contributed by atoms with Crippen molar-refractivity contribution in [2.45, 2.75) is 57.2 Å². The Morgan fingerprint density at radius 3 is 2.00 bits per heavy atom. The minimum atomic E-state index is 0.335. The van der Waals surface area contributed by atoms with Crippen LogP contribution in [0.3, 0.4) is 0 Å². The second kappa shape index (κ2) is 10.3. The van der Waals surface area contributed by atoms with Crippen LogP contribution in [-0.4, -0.2) is 78.5 Å². The largest absolute Gasteiger partial charge is 0.342 e. The van der Waals surface area contributed by atoms with E-state index in [1.54, 1.807) is 0 Å². The molecule has 3 aliphatic heterocycles. The third-order valence-electron chi connectivity index (χ3n) is 6.78. The summed E-state index contributed by atoms with van der Waals surface area (Å²) in [5.74, 6) is 0.335. The normalized spacial score (nSPS) is 23.0. The van der Waals surface area contributed by atoms with Crippen molar-refractivity contribution >= 4 is 17.5 Å². The van der Waals surface area contributed by atoms with Crippen molar-refractivity contribution in [2.24, 2.45) is 0 Å². The predicted molar refractivity (Wildman–Crippen MR) is 118 cm³/mol. The first-order chi connectivity index (χ1) is 14.2. The third kappa shape index (κ3) is 6.17. The molecule has 1 aromatic rings. The first kappa shape index (κ1) is 21.1. The summed E-state index contributed by atoms with van der Waals surface area (Å²) in [6.07, 6.45) is 7.13. The fraction of sp³-hybridized carbons (Fsp3) is 0.696. The van der Waals surface area contributed by atoms with Crippen LogP contribution >= 0.6 is 11.6 Å². The SMILES string of the molecule is O=C(CN1CCC(NC2CCN(Cc3ccc(Cl)cc3)CC2)CC1)N1CCCC1. The molecule has 0 aromatic heterocycles. The Bertz CT molecular complexity index is 645. The summed E-state index contributed by atoms with van der Waals surface area (Å²) >= 11 is 5.99. The Kier molecular flexibility index (Phi) is 7.46. The number of carbonyl (C=O) groups excluding carboxylic acids is 1. The number of nitrogens with one attached hydrogen (secondary N) is 1. The van der Waals surface area contributed by atoms with Crippen LogP contribution < -0.4 is 5.32 Å². The Morgan fingerprint density at radius 2 is 1.41 bits per heavy atom. The first-order valence-corrected chi connectivity index (χ1v) is 11.8. The van der Waals surface area contributed by atoms with Crippen molar-refractivity contribution in [2.75, 3.05) is 45.8 Å². The Hall–Kier alpha value is -1.14. The lowest BCUT2D eigenvalue weighted by atomic mass is 9.99. The Balaban J connectivity index is 1.12. The van der Waals surface area contributed by atoms with E-state index in [0.717, 1.165) is 63.7 Å². The van der Waals surface area contributed by atoms with Gasteiger partial charge in [0.25, 0.3) is 0 Å². The summed E-state index contributed by atoms with van der Waals surface area (Å²) in [6, 6.07) is 9.48. The van der Waals surface area contributed by atoms with E-state index >= 15 is 0 Å². The summed E-state index contributed by atoms with van der Waals surface area (Å²) in [4.78, 5) is 19.3. The molecule has 0 spiro atoms. The standard InChI is InChI=1S/C23H35ClN4O/c24-20-5-3-19(4-6-20)17-26-13-7-21(8-14-26)25-22-9-15-27(16-10-22)18-23(29)28-11-1-2-12-28/h3-6,21-22,25H,1-2,7-18H2. The van der Waals surface area contributed by atoms with Crippen LogP contribution in [0.1, 0.15) is 44.1 Å². The minimum Gasteiger partial charge on any atom is -0.342 e. The molecule has 5 nitrogen and oxygen atoms in total. The maximum Gasteiger partial charge on any atom is 0.236 e. The van der Waals surface area contributed by atoms with Crippen LogP contribution in [0.25, 0.3) is 0 Å². The van der Waals surface area contributed by atoms with Crippen LogP contribution in [0, 0.1) is 0 Å². The average Bonchev–Trinajstić information content (AvgIpc) is 3.28. The Morgan fingerprint density at radius 1 is 0.862 bits per heavy atom. The maximum atomic E-state index is 12.3. The number of halogens is 1. The second-order valence-corrected chi connectivity index (χ2v) is 9.42. The molecule has 1 N–H and O–H groups in total. The van der Waals surface area contributed by atoms with Gasteiger partial charge >= 0.3 is 0 Å². The summed E-state index contributed by atoms with van der Waals surface area (Å²) < 4.78 is 0. The lowest BCUT2D eigenvalue weighted by Gasteiger charge is -2.38. The van der Waals surface area contributed by atoms with Crippen LogP contribution in [0.5, 0.6) is 0 Å². The topological polar surface area (TPSA) is 38.8 Å². The van der Waals surface area contributed by atoms with Crippen molar-refractivity contribution in [3.05, 3.63) is 34.9 Å². The summed E-state index contributed by atoms with van der Waals surface area (Å²) in [5, 5.41) is 4.72. The van der Waals surface area contributed by atoms with E-state index in [0.29, 0.717) is 24.5 Å². The van der Waals surface area contributed by atoms with E-state index in [2.05, 4.69) is 27.2 Å². The van der Waals surface area contributed by atoms with E-state index < -0.39 is 0 Å². The second-order valence-electron chi connectivity index (χ2n) is 8.98. The van der Waals surface area contributed by atoms with Crippen LogP contribution in [0.2, 0.25) is 5.02 Å². The summed E-state index contributed by atoms with van der Waals surface area (Å²) in [7, 11) is 0. The molecular formula is C23H35ClN4O. The Labute approximate surface area is 180 Å². The van der Waals surface area contributed by atoms with Gasteiger partial charge in [0.2, 0.25) is 5.91 Å². The molecular weight excluding hydrogens is 384 g/mol. The number of benzene rings is 1. The summed E-state index contributed by atoms with van der Waals surface area (Å²) in [5.41, 5.74) is 1.34. The van der Waals surface area contributed by atoms with Crippen molar-refractivity contribution in [1.29, 1.82) is 0 Å². The van der Waals surface area contributed by atoms with Crippen LogP contribution in [-0.2, 0) is 11.3 Å². The lowest BCUT2D eigenvalue weighted by molar-refractivity contribution is -0.131. The lowest BCUT2D eigenvalue weighted by Crippen LogP contribution is -2.51. The van der Waals surface area contributed by atoms with E-state index in [4.69, 9.17) is 11.6 Å². The van der Waals surface area contributed by atoms with Gasteiger partial charge in [-0.1, -0.05) is 23.7 Å². The van der Waals surface area contributed by atoms with Gasteiger partial charge in [0.1, 0.15) is 0 Å². The number of rotatable bonds is 6. The van der Waals surface area contributed by atoms with Crippen molar-refractivity contribution in [1.82, 2.24) is 20.0 Å². The van der Waals surface area contributed by atoms with Crippen LogP contribution in [0.15, 0.2) is 24.3 Å². The molecule has 3 aliphatic rings. The number of amides is 1. The average molecular weight is 419 g/mol. The molecule has 3 saturated heterocycles. The highest BCUT2D eigenvalue weighted by molar-refractivity contribution is 6.30. The number of hydrogen-bond acceptors (Lipinski definition) is 4. The maximum absolute atomic E-state index is 12.3. The van der Waals surface area contributed by atoms with E-state index in [1.165, 1.54) is 31.2 Å². The molecule has 0 unspecified atom stereocenters. The fourth-order valence-corrected chi connectivity index (χ4v) is 5.08. The van der Waals surface area contributed by atoms with Gasteiger partial charge in [-0.25, -0.2) is 0 Å². The zero-order valence-electron chi connectivity index (χ0n) is 17.5. The molecule has 160 valence electrons. The number of hydrogen-bond donors (Lipinski definition) is 1. The zero-order chi connectivity index (χ0) is 20.1. The molecule has 0 bridgehead atoms. The first-order valence-electron chi connectivity index (χ1n) is 11.4. The highest BCUT2D eigenvalue weighted by Gasteiger charge is 2.27. The number of carbonyl (C=O) groups is 1. The molecule has 29 heavy (non-hydrogen) atoms. The van der Waals surface area contributed by atoms with Gasteiger partial charge in [-0.2, -0.15) is 0 Å². The third-order valence-corrected chi connectivity index (χ3v) is 7.04. The molecule has 1 amide bonds. The molecule has 4 rings (SSSR count). The number of nitrogens with zero attached hydrogens (tertiary/aromatic N) is 3. The van der Waals surface area contributed by atoms with Gasteiger partial charge in [0.05, 0.1) is 6.54 Å². The molecule has 0 saturated carbocycles. The summed E-state index contributed by atoms with van der Waals surface area (Å²) in [6.45, 7) is 7.98. The molecule has 1 aromatic carbocycles. The number of likely N-dealkylation sites (tertiary alicyclic amines) is 3. The molecule has 3 fully saturated rings. The van der Waals surface area contributed by atoms with E-state index in [-0.39, 0.29) is 0 Å². The van der Waals surface area contributed by atoms with Crippen LogP contribution in [0.4, 0.5) is 0 Å². The minimum absolute atomic E-state index is 0.335. The van der Waals surface area contributed by atoms with Crippen molar-refractivity contribution in [3.63, 3.8) is 0 Å². The van der Waals surface area contributed by atoms with Crippen molar-refractivity contribution in [3.8, 4) is 0 Å². The van der Waals surface area contributed by atoms with Gasteiger partial charge in [0.15, 0.2) is 0 Å². The molecule has 0 aliphatic carbocycles. The van der Waals surface area contributed by atoms with Crippen molar-refractivity contribution < 1.29 is 4.79 Å². The molecule has 3 heterocycles. The van der Waals surface area contributed by atoms with Gasteiger partial charge in [0, 0.05) is 49.8 Å². The molecule has 0 radical (unpaired) electrons. The smallest absolute Gasteiger partial charge is 0.236 e. The highest BCUT2D eigenvalue weighted by atomic mass is 35.5. The highest BCUT2D eigenvalue weighted by Crippen LogP contribution is 2.19. The van der Waals surface area contributed by atoms with Gasteiger partial charge in [-0.15, -0.1) is 0 Å². The predicted octanol–water partition coefficient (Wildman–Crippen LogP) is 2.98. The number of piperidine rings is 2. The van der Waals surface area contributed by atoms with Gasteiger partial charge in [-0.05, 0) is 69.3 Å². The zero-order valence-corrected chi connectivity index (χ0v) is 18.2. The quantitative estimate of drug-likeness (QED) is 0.770.